The molecule has 1 aliphatic rings. The number of ether oxygens (including phenoxy) is 1. The maximum absolute atomic E-state index is 6.10. The first-order valence-corrected chi connectivity index (χ1v) is 10.1. The highest BCUT2D eigenvalue weighted by Gasteiger charge is 2.35. The monoisotopic (exact) mass is 375 g/mol. The minimum absolute atomic E-state index is 0.155. The van der Waals surface area contributed by atoms with Crippen molar-refractivity contribution >= 4 is 11.8 Å². The Morgan fingerprint density at radius 2 is 2.11 bits per heavy atom. The van der Waals surface area contributed by atoms with Crippen molar-refractivity contribution in [2.45, 2.75) is 53.2 Å². The maximum Gasteiger partial charge on any atom is 0.191 e. The summed E-state index contributed by atoms with van der Waals surface area (Å²) in [7, 11) is 4.00. The molecule has 1 fully saturated rings. The number of aliphatic imine (C=N–C) groups is 1. The Morgan fingerprint density at radius 3 is 2.78 bits per heavy atom. The fourth-order valence-electron chi connectivity index (χ4n) is 3.55. The molecule has 0 saturated carbocycles. The zero-order valence-corrected chi connectivity index (χ0v) is 17.9. The van der Waals surface area contributed by atoms with Gasteiger partial charge in [0, 0.05) is 45.9 Å². The molecule has 1 aliphatic heterocycles. The van der Waals surface area contributed by atoms with Gasteiger partial charge in [0.1, 0.15) is 5.82 Å². The zero-order chi connectivity index (χ0) is 19.9. The van der Waals surface area contributed by atoms with Crippen molar-refractivity contribution in [2.75, 3.05) is 38.7 Å². The largest absolute Gasteiger partial charge is 0.377 e. The van der Waals surface area contributed by atoms with Gasteiger partial charge >= 0.3 is 0 Å². The van der Waals surface area contributed by atoms with Gasteiger partial charge in [-0.3, -0.25) is 0 Å². The first-order chi connectivity index (χ1) is 12.8. The van der Waals surface area contributed by atoms with Gasteiger partial charge < -0.3 is 20.3 Å². The van der Waals surface area contributed by atoms with Gasteiger partial charge in [0.05, 0.1) is 12.6 Å². The molecule has 1 aromatic rings. The van der Waals surface area contributed by atoms with E-state index < -0.39 is 0 Å². The van der Waals surface area contributed by atoms with E-state index in [4.69, 9.17) is 9.73 Å². The molecule has 0 aromatic carbocycles. The highest BCUT2D eigenvalue weighted by Crippen LogP contribution is 2.33. The lowest BCUT2D eigenvalue weighted by atomic mass is 9.78. The average molecular weight is 376 g/mol. The number of pyridine rings is 1. The normalized spacial score (nSPS) is 21.0. The number of hydrogen-bond acceptors (Lipinski definition) is 4. The van der Waals surface area contributed by atoms with E-state index in [1.54, 1.807) is 0 Å². The number of hydrogen-bond donors (Lipinski definition) is 2. The van der Waals surface area contributed by atoms with Crippen LogP contribution in [0.15, 0.2) is 23.3 Å². The van der Waals surface area contributed by atoms with E-state index in [-0.39, 0.29) is 11.5 Å². The van der Waals surface area contributed by atoms with Gasteiger partial charge in [0.25, 0.3) is 0 Å². The third-order valence-electron chi connectivity index (χ3n) is 4.86. The van der Waals surface area contributed by atoms with Gasteiger partial charge in [-0.25, -0.2) is 9.98 Å². The van der Waals surface area contributed by atoms with E-state index in [0.29, 0.717) is 12.5 Å². The standard InChI is InChI=1S/C21H37N5O/c1-7-22-20(24-14-16-10-11-23-18(13-16)26(5)6)25-15-17-9-8-12-27-19(17)21(2,3)4/h10-11,13,17,19H,7-9,12,14-15H2,1-6H3,(H2,22,24,25). The smallest absolute Gasteiger partial charge is 0.191 e. The lowest BCUT2D eigenvalue weighted by molar-refractivity contribution is -0.0835. The molecule has 0 aliphatic carbocycles. The molecule has 152 valence electrons. The van der Waals surface area contributed by atoms with Crippen LogP contribution in [0.4, 0.5) is 5.82 Å². The first kappa shape index (κ1) is 21.5. The summed E-state index contributed by atoms with van der Waals surface area (Å²) in [6.45, 7) is 12.1. The molecule has 1 aromatic heterocycles. The van der Waals surface area contributed by atoms with Crippen molar-refractivity contribution < 1.29 is 4.74 Å². The van der Waals surface area contributed by atoms with E-state index >= 15 is 0 Å². The lowest BCUT2D eigenvalue weighted by Crippen LogP contribution is -2.47. The molecule has 6 nitrogen and oxygen atoms in total. The number of anilines is 1. The van der Waals surface area contributed by atoms with Gasteiger partial charge in [-0.15, -0.1) is 0 Å². The van der Waals surface area contributed by atoms with Gasteiger partial charge in [-0.1, -0.05) is 20.8 Å². The predicted molar refractivity (Wildman–Crippen MR) is 113 cm³/mol. The van der Waals surface area contributed by atoms with Crippen LogP contribution < -0.4 is 15.5 Å². The molecular formula is C21H37N5O. The number of aromatic nitrogens is 1. The van der Waals surface area contributed by atoms with E-state index in [9.17, 15) is 0 Å². The molecule has 2 rings (SSSR count). The second-order valence-electron chi connectivity index (χ2n) is 8.55. The predicted octanol–water partition coefficient (Wildman–Crippen LogP) is 3.04. The summed E-state index contributed by atoms with van der Waals surface area (Å²) in [5.74, 6) is 2.32. The van der Waals surface area contributed by atoms with Crippen molar-refractivity contribution in [2.24, 2.45) is 16.3 Å². The fourth-order valence-corrected chi connectivity index (χ4v) is 3.55. The Hall–Kier alpha value is -1.82. The molecular weight excluding hydrogens is 338 g/mol. The lowest BCUT2D eigenvalue weighted by Gasteiger charge is -2.40. The van der Waals surface area contributed by atoms with Crippen LogP contribution in [0.3, 0.4) is 0 Å². The van der Waals surface area contributed by atoms with Crippen molar-refractivity contribution in [3.63, 3.8) is 0 Å². The second-order valence-corrected chi connectivity index (χ2v) is 8.55. The van der Waals surface area contributed by atoms with Crippen LogP contribution in [0.5, 0.6) is 0 Å². The summed E-state index contributed by atoms with van der Waals surface area (Å²) in [5, 5.41) is 6.89. The Kier molecular flexibility index (Phi) is 7.90. The first-order valence-electron chi connectivity index (χ1n) is 10.1. The molecule has 0 radical (unpaired) electrons. The van der Waals surface area contributed by atoms with Crippen LogP contribution in [-0.2, 0) is 11.3 Å². The van der Waals surface area contributed by atoms with Crippen molar-refractivity contribution in [3.05, 3.63) is 23.9 Å². The van der Waals surface area contributed by atoms with E-state index in [1.807, 2.05) is 31.3 Å². The number of nitrogens with one attached hydrogen (secondary N) is 2. The van der Waals surface area contributed by atoms with Crippen LogP contribution in [-0.4, -0.2) is 50.8 Å². The molecule has 2 atom stereocenters. The van der Waals surface area contributed by atoms with Crippen molar-refractivity contribution in [1.82, 2.24) is 15.6 Å². The van der Waals surface area contributed by atoms with Gasteiger partial charge in [-0.05, 0) is 42.9 Å². The third-order valence-corrected chi connectivity index (χ3v) is 4.86. The summed E-state index contributed by atoms with van der Waals surface area (Å²) in [6, 6.07) is 4.10. The molecule has 2 N–H and O–H groups in total. The Morgan fingerprint density at radius 1 is 1.33 bits per heavy atom. The van der Waals surface area contributed by atoms with Crippen LogP contribution in [0.1, 0.15) is 46.1 Å². The number of guanidine groups is 1. The summed E-state index contributed by atoms with van der Waals surface area (Å²) in [6.07, 6.45) is 4.46. The second kappa shape index (κ2) is 9.93. The van der Waals surface area contributed by atoms with Crippen LogP contribution in [0, 0.1) is 11.3 Å². The summed E-state index contributed by atoms with van der Waals surface area (Å²) < 4.78 is 6.10. The topological polar surface area (TPSA) is 61.8 Å². The summed E-state index contributed by atoms with van der Waals surface area (Å²) in [5.41, 5.74) is 1.31. The van der Waals surface area contributed by atoms with Crippen LogP contribution >= 0.6 is 0 Å². The van der Waals surface area contributed by atoms with Gasteiger partial charge in [0.2, 0.25) is 0 Å². The number of nitrogens with zero attached hydrogens (tertiary/aromatic N) is 3. The SMILES string of the molecule is CCNC(=NCc1ccnc(N(C)C)c1)NCC1CCCOC1C(C)(C)C. The Bertz CT molecular complexity index is 609. The minimum atomic E-state index is 0.155. The summed E-state index contributed by atoms with van der Waals surface area (Å²) >= 11 is 0. The van der Waals surface area contributed by atoms with Crippen LogP contribution in [0.25, 0.3) is 0 Å². The molecule has 1 saturated heterocycles. The van der Waals surface area contributed by atoms with Crippen LogP contribution in [0.2, 0.25) is 0 Å². The molecule has 0 spiro atoms. The average Bonchev–Trinajstić information content (AvgIpc) is 2.63. The van der Waals surface area contributed by atoms with E-state index in [0.717, 1.165) is 43.5 Å². The number of rotatable bonds is 6. The Balaban J connectivity index is 2.00. The highest BCUT2D eigenvalue weighted by molar-refractivity contribution is 5.79. The third kappa shape index (κ3) is 6.69. The van der Waals surface area contributed by atoms with Gasteiger partial charge in [-0.2, -0.15) is 0 Å². The molecule has 2 heterocycles. The molecule has 27 heavy (non-hydrogen) atoms. The highest BCUT2D eigenvalue weighted by atomic mass is 16.5. The quantitative estimate of drug-likeness (QED) is 0.591. The van der Waals surface area contributed by atoms with Crippen molar-refractivity contribution in [1.29, 1.82) is 0 Å². The van der Waals surface area contributed by atoms with E-state index in [1.165, 1.54) is 6.42 Å². The molecule has 0 bridgehead atoms. The summed E-state index contributed by atoms with van der Waals surface area (Å²) in [4.78, 5) is 11.1. The van der Waals surface area contributed by atoms with E-state index in [2.05, 4.69) is 49.4 Å². The molecule has 2 unspecified atom stereocenters. The maximum atomic E-state index is 6.10. The Labute approximate surface area is 164 Å². The van der Waals surface area contributed by atoms with Crippen molar-refractivity contribution in [3.8, 4) is 0 Å². The minimum Gasteiger partial charge on any atom is -0.377 e. The molecule has 6 heteroatoms. The zero-order valence-electron chi connectivity index (χ0n) is 17.9. The van der Waals surface area contributed by atoms with Gasteiger partial charge in [0.15, 0.2) is 5.96 Å². The fraction of sp³-hybridized carbons (Fsp3) is 0.714. The molecule has 0 amide bonds.